The fraction of sp³-hybridized carbons (Fsp3) is 0.379. The van der Waals surface area contributed by atoms with Crippen LogP contribution >= 0.6 is 7.60 Å². The van der Waals surface area contributed by atoms with E-state index in [9.17, 15) is 9.67 Å². The third-order valence-corrected chi connectivity index (χ3v) is 8.12. The van der Waals surface area contributed by atoms with E-state index >= 15 is 0 Å². The number of aryl methyl sites for hydroxylation is 3. The first-order valence-electron chi connectivity index (χ1n) is 12.2. The molecule has 1 fully saturated rings. The summed E-state index contributed by atoms with van der Waals surface area (Å²) >= 11 is 0. The minimum atomic E-state index is -3.38. The van der Waals surface area contributed by atoms with Crippen molar-refractivity contribution in [2.24, 2.45) is 0 Å². The van der Waals surface area contributed by atoms with Crippen molar-refractivity contribution in [3.63, 3.8) is 0 Å². The maximum atomic E-state index is 13.3. The van der Waals surface area contributed by atoms with Crippen molar-refractivity contribution in [2.75, 3.05) is 13.0 Å². The van der Waals surface area contributed by atoms with Crippen molar-refractivity contribution in [3.8, 4) is 11.5 Å². The molecule has 4 rings (SSSR count). The Labute approximate surface area is 208 Å². The minimum absolute atomic E-state index is 0.122. The SMILES string of the molecule is Cc1cccc([C@H]2CCOP(=O)(COc3cc(C)c(Cc4ccc(O)c(C(C)C)c4)c(C)c3)O2)c1. The van der Waals surface area contributed by atoms with E-state index in [2.05, 4.69) is 39.8 Å². The zero-order valence-corrected chi connectivity index (χ0v) is 22.1. The van der Waals surface area contributed by atoms with Gasteiger partial charge < -0.3 is 14.4 Å². The molecule has 1 aliphatic rings. The first-order valence-corrected chi connectivity index (χ1v) is 13.9. The molecule has 3 aromatic rings. The molecular formula is C29H35O5P. The Hall–Kier alpha value is -2.59. The summed E-state index contributed by atoms with van der Waals surface area (Å²) in [5, 5.41) is 10.1. The second kappa shape index (κ2) is 10.6. The molecule has 0 bridgehead atoms. The van der Waals surface area contributed by atoms with Crippen molar-refractivity contribution in [1.82, 2.24) is 0 Å². The summed E-state index contributed by atoms with van der Waals surface area (Å²) in [5.74, 6) is 1.25. The van der Waals surface area contributed by atoms with E-state index in [1.54, 1.807) is 6.07 Å². The van der Waals surface area contributed by atoms with E-state index in [0.717, 1.165) is 39.8 Å². The van der Waals surface area contributed by atoms with Crippen molar-refractivity contribution in [3.05, 3.63) is 93.5 Å². The first kappa shape index (κ1) is 25.5. The summed E-state index contributed by atoms with van der Waals surface area (Å²) in [4.78, 5) is 0. The van der Waals surface area contributed by atoms with E-state index in [1.807, 2.05) is 43.3 Å². The van der Waals surface area contributed by atoms with Crippen molar-refractivity contribution in [1.29, 1.82) is 0 Å². The van der Waals surface area contributed by atoms with Crippen LogP contribution in [0.5, 0.6) is 11.5 Å². The normalized spacial score (nSPS) is 20.2. The smallest absolute Gasteiger partial charge is 0.368 e. The molecule has 2 atom stereocenters. The maximum absolute atomic E-state index is 13.3. The van der Waals surface area contributed by atoms with Crippen LogP contribution in [0.2, 0.25) is 0 Å². The monoisotopic (exact) mass is 494 g/mol. The fourth-order valence-electron chi connectivity index (χ4n) is 4.59. The van der Waals surface area contributed by atoms with Gasteiger partial charge in [-0.15, -0.1) is 0 Å². The van der Waals surface area contributed by atoms with Gasteiger partial charge in [0, 0.05) is 6.42 Å². The lowest BCUT2D eigenvalue weighted by atomic mass is 9.93. The van der Waals surface area contributed by atoms with Crippen LogP contribution in [-0.2, 0) is 20.0 Å². The topological polar surface area (TPSA) is 65.0 Å². The predicted molar refractivity (Wildman–Crippen MR) is 140 cm³/mol. The van der Waals surface area contributed by atoms with Crippen LogP contribution < -0.4 is 4.74 Å². The van der Waals surface area contributed by atoms with Gasteiger partial charge in [0.15, 0.2) is 6.35 Å². The van der Waals surface area contributed by atoms with Crippen LogP contribution in [0, 0.1) is 20.8 Å². The molecule has 1 aliphatic heterocycles. The number of hydrogen-bond acceptors (Lipinski definition) is 5. The average Bonchev–Trinajstić information content (AvgIpc) is 2.81. The molecule has 6 heteroatoms. The van der Waals surface area contributed by atoms with Crippen molar-refractivity contribution >= 4 is 7.60 Å². The highest BCUT2D eigenvalue weighted by Gasteiger charge is 2.35. The van der Waals surface area contributed by atoms with Crippen LogP contribution in [0.15, 0.2) is 54.6 Å². The molecule has 3 aromatic carbocycles. The lowest BCUT2D eigenvalue weighted by Crippen LogP contribution is -2.17. The second-order valence-corrected chi connectivity index (χ2v) is 11.7. The van der Waals surface area contributed by atoms with Crippen LogP contribution in [0.1, 0.15) is 71.2 Å². The molecule has 0 aliphatic carbocycles. The van der Waals surface area contributed by atoms with Crippen LogP contribution in [-0.4, -0.2) is 18.1 Å². The average molecular weight is 495 g/mol. The zero-order chi connectivity index (χ0) is 25.2. The van der Waals surface area contributed by atoms with Crippen LogP contribution in [0.4, 0.5) is 0 Å². The molecule has 1 unspecified atom stereocenters. The second-order valence-electron chi connectivity index (χ2n) is 9.77. The molecule has 0 aromatic heterocycles. The van der Waals surface area contributed by atoms with E-state index < -0.39 is 7.60 Å². The summed E-state index contributed by atoms with van der Waals surface area (Å²) in [5.41, 5.74) is 7.68. The number of benzene rings is 3. The van der Waals surface area contributed by atoms with Gasteiger partial charge in [0.1, 0.15) is 11.5 Å². The number of phenols is 1. The van der Waals surface area contributed by atoms with Crippen molar-refractivity contribution < 1.29 is 23.5 Å². The van der Waals surface area contributed by atoms with Gasteiger partial charge in [0.05, 0.1) is 12.7 Å². The Morgan fingerprint density at radius 1 is 1.06 bits per heavy atom. The quantitative estimate of drug-likeness (QED) is 0.340. The third kappa shape index (κ3) is 6.16. The van der Waals surface area contributed by atoms with Gasteiger partial charge in [-0.3, -0.25) is 9.09 Å². The lowest BCUT2D eigenvalue weighted by molar-refractivity contribution is 0.0725. The van der Waals surface area contributed by atoms with Crippen LogP contribution in [0.25, 0.3) is 0 Å². The third-order valence-electron chi connectivity index (χ3n) is 6.52. The Balaban J connectivity index is 1.45. The molecule has 1 N–H and O–H groups in total. The van der Waals surface area contributed by atoms with E-state index in [4.69, 9.17) is 13.8 Å². The van der Waals surface area contributed by atoms with E-state index in [0.29, 0.717) is 24.5 Å². The number of phenolic OH excluding ortho intramolecular Hbond substituents is 1. The van der Waals surface area contributed by atoms with Crippen LogP contribution in [0.3, 0.4) is 0 Å². The van der Waals surface area contributed by atoms with Crippen molar-refractivity contribution in [2.45, 2.75) is 59.5 Å². The number of aromatic hydroxyl groups is 1. The Kier molecular flexibility index (Phi) is 7.70. The molecule has 5 nitrogen and oxygen atoms in total. The molecule has 1 saturated heterocycles. The van der Waals surface area contributed by atoms with Gasteiger partial charge in [-0.2, -0.15) is 0 Å². The molecule has 1 heterocycles. The summed E-state index contributed by atoms with van der Waals surface area (Å²) in [6, 6.07) is 17.8. The standard InChI is InChI=1S/C29H35O5P/c1-19(2)26-16-23(9-10-28(26)30)17-27-21(4)14-25(15-22(27)5)32-18-35(31)33-12-11-29(34-35)24-8-6-7-20(3)13-24/h6-10,13-16,19,29-30H,11-12,17-18H2,1-5H3/t29-,35?/m1/s1. The number of ether oxygens (including phenoxy) is 1. The molecular weight excluding hydrogens is 459 g/mol. The number of rotatable bonds is 7. The maximum Gasteiger partial charge on any atom is 0.368 e. The Morgan fingerprint density at radius 2 is 1.80 bits per heavy atom. The van der Waals surface area contributed by atoms with Gasteiger partial charge >= 0.3 is 7.60 Å². The summed E-state index contributed by atoms with van der Waals surface area (Å²) in [7, 11) is -3.38. The van der Waals surface area contributed by atoms with Gasteiger partial charge in [0.25, 0.3) is 0 Å². The number of hydrogen-bond donors (Lipinski definition) is 1. The minimum Gasteiger partial charge on any atom is -0.508 e. The Bertz CT molecular complexity index is 1230. The molecule has 186 valence electrons. The highest BCUT2D eigenvalue weighted by Crippen LogP contribution is 2.56. The van der Waals surface area contributed by atoms with E-state index in [-0.39, 0.29) is 18.4 Å². The lowest BCUT2D eigenvalue weighted by Gasteiger charge is -2.30. The van der Waals surface area contributed by atoms with Gasteiger partial charge in [-0.25, -0.2) is 0 Å². The van der Waals surface area contributed by atoms with Gasteiger partial charge in [0.2, 0.25) is 0 Å². The summed E-state index contributed by atoms with van der Waals surface area (Å²) in [6.45, 7) is 10.7. The molecule has 0 saturated carbocycles. The van der Waals surface area contributed by atoms with Gasteiger partial charge in [-0.05, 0) is 84.7 Å². The van der Waals surface area contributed by atoms with E-state index in [1.165, 1.54) is 5.56 Å². The molecule has 0 amide bonds. The predicted octanol–water partition coefficient (Wildman–Crippen LogP) is 7.74. The molecule has 35 heavy (non-hydrogen) atoms. The first-order chi connectivity index (χ1) is 16.6. The molecule has 0 radical (unpaired) electrons. The summed E-state index contributed by atoms with van der Waals surface area (Å²) in [6.07, 6.45) is 1.05. The highest BCUT2D eigenvalue weighted by atomic mass is 31.2. The highest BCUT2D eigenvalue weighted by molar-refractivity contribution is 7.53. The fourth-order valence-corrected chi connectivity index (χ4v) is 6.09. The zero-order valence-electron chi connectivity index (χ0n) is 21.2. The Morgan fingerprint density at radius 3 is 2.49 bits per heavy atom. The molecule has 0 spiro atoms. The van der Waals surface area contributed by atoms with Gasteiger partial charge in [-0.1, -0.05) is 55.8 Å². The largest absolute Gasteiger partial charge is 0.508 e. The summed E-state index contributed by atoms with van der Waals surface area (Å²) < 4.78 is 30.7.